The number of ether oxygens (including phenoxy) is 1. The summed E-state index contributed by atoms with van der Waals surface area (Å²) >= 11 is 0. The van der Waals surface area contributed by atoms with Crippen molar-refractivity contribution in [3.63, 3.8) is 0 Å². The fourth-order valence-electron chi connectivity index (χ4n) is 2.57. The van der Waals surface area contributed by atoms with E-state index in [1.54, 1.807) is 31.1 Å². The Kier molecular flexibility index (Phi) is 5.09. The van der Waals surface area contributed by atoms with Crippen LogP contribution < -0.4 is 0 Å². The zero-order chi connectivity index (χ0) is 15.4. The predicted octanol–water partition coefficient (Wildman–Crippen LogP) is 1.84. The molecule has 0 spiro atoms. The zero-order valence-corrected chi connectivity index (χ0v) is 12.3. The molecule has 4 nitrogen and oxygen atoms in total. The Morgan fingerprint density at radius 1 is 1.57 bits per heavy atom. The van der Waals surface area contributed by atoms with Crippen LogP contribution in [0.1, 0.15) is 18.9 Å². The van der Waals surface area contributed by atoms with Crippen molar-refractivity contribution in [3.05, 3.63) is 41.7 Å². The van der Waals surface area contributed by atoms with Gasteiger partial charge in [0.1, 0.15) is 5.82 Å². The molecule has 0 saturated carbocycles. The van der Waals surface area contributed by atoms with Gasteiger partial charge in [0.05, 0.1) is 18.8 Å². The predicted molar refractivity (Wildman–Crippen MR) is 78.1 cm³/mol. The molecule has 0 bridgehead atoms. The Morgan fingerprint density at radius 3 is 2.95 bits per heavy atom. The highest BCUT2D eigenvalue weighted by Gasteiger charge is 2.34. The molecule has 1 fully saturated rings. The molecule has 1 aliphatic heterocycles. The topological polar surface area (TPSA) is 49.8 Å². The van der Waals surface area contributed by atoms with E-state index in [1.807, 2.05) is 0 Å². The number of hydrogen-bond donors (Lipinski definition) is 1. The van der Waals surface area contributed by atoms with Gasteiger partial charge in [-0.3, -0.25) is 4.79 Å². The molecule has 21 heavy (non-hydrogen) atoms. The summed E-state index contributed by atoms with van der Waals surface area (Å²) in [7, 11) is 1.60. The van der Waals surface area contributed by atoms with E-state index in [2.05, 4.69) is 0 Å². The van der Waals surface area contributed by atoms with Crippen molar-refractivity contribution in [1.29, 1.82) is 0 Å². The van der Waals surface area contributed by atoms with E-state index < -0.39 is 0 Å². The van der Waals surface area contributed by atoms with Crippen LogP contribution in [-0.2, 0) is 9.53 Å². The Bertz CT molecular complexity index is 544. The molecule has 1 aromatic carbocycles. The number of benzene rings is 1. The number of allylic oxidation sites excluding steroid dienone is 1. The number of aliphatic hydroxyl groups is 1. The number of nitrogens with zero attached hydrogens (tertiary/aromatic N) is 1. The second-order valence-electron chi connectivity index (χ2n) is 5.26. The first-order chi connectivity index (χ1) is 10.0. The van der Waals surface area contributed by atoms with Gasteiger partial charge in [0, 0.05) is 19.7 Å². The van der Waals surface area contributed by atoms with Crippen molar-refractivity contribution in [2.24, 2.45) is 0 Å². The monoisotopic (exact) mass is 293 g/mol. The zero-order valence-electron chi connectivity index (χ0n) is 12.3. The van der Waals surface area contributed by atoms with Crippen molar-refractivity contribution in [3.8, 4) is 0 Å². The summed E-state index contributed by atoms with van der Waals surface area (Å²) in [5.74, 6) is -0.517. The van der Waals surface area contributed by atoms with Crippen LogP contribution in [0, 0.1) is 5.82 Å². The lowest BCUT2D eigenvalue weighted by Gasteiger charge is -2.21. The number of aliphatic hydroxyl groups excluding tert-OH is 1. The van der Waals surface area contributed by atoms with Crippen LogP contribution >= 0.6 is 0 Å². The van der Waals surface area contributed by atoms with Gasteiger partial charge in [-0.2, -0.15) is 0 Å². The van der Waals surface area contributed by atoms with Crippen molar-refractivity contribution < 1.29 is 19.0 Å². The molecule has 1 heterocycles. The summed E-state index contributed by atoms with van der Waals surface area (Å²) < 4.78 is 18.5. The van der Waals surface area contributed by atoms with Gasteiger partial charge in [-0.1, -0.05) is 12.1 Å². The van der Waals surface area contributed by atoms with Gasteiger partial charge in [-0.05, 0) is 36.6 Å². The van der Waals surface area contributed by atoms with E-state index in [0.29, 0.717) is 24.1 Å². The highest BCUT2D eigenvalue weighted by atomic mass is 19.1. The molecule has 2 rings (SSSR count). The molecule has 1 amide bonds. The Balaban J connectivity index is 2.14. The minimum absolute atomic E-state index is 0.0472. The molecule has 1 aromatic rings. The van der Waals surface area contributed by atoms with Gasteiger partial charge < -0.3 is 14.7 Å². The number of carbonyl (C=O) groups excluding carboxylic acids is 1. The number of likely N-dealkylation sites (tertiary alicyclic amines) is 1. The van der Waals surface area contributed by atoms with Crippen LogP contribution in [-0.4, -0.2) is 48.3 Å². The van der Waals surface area contributed by atoms with E-state index in [1.165, 1.54) is 18.2 Å². The molecule has 5 heteroatoms. The van der Waals surface area contributed by atoms with E-state index in [-0.39, 0.29) is 30.5 Å². The SMILES string of the molecule is CO[C@H]1C[C@@H](CO)N(C(=O)/C=C(\C)c2cccc(F)c2)C1. The van der Waals surface area contributed by atoms with E-state index >= 15 is 0 Å². The third-order valence-corrected chi connectivity index (χ3v) is 3.82. The van der Waals surface area contributed by atoms with E-state index in [4.69, 9.17) is 4.74 Å². The lowest BCUT2D eigenvalue weighted by Crippen LogP contribution is -2.37. The van der Waals surface area contributed by atoms with E-state index in [0.717, 1.165) is 0 Å². The third kappa shape index (κ3) is 3.68. The molecule has 0 radical (unpaired) electrons. The Hall–Kier alpha value is -1.72. The first-order valence-electron chi connectivity index (χ1n) is 6.93. The molecule has 0 aliphatic carbocycles. The standard InChI is InChI=1S/C16H20FNO3/c1-11(12-4-3-5-13(17)7-12)6-16(20)18-9-15(21-2)8-14(18)10-19/h3-7,14-15,19H,8-10H2,1-2H3/b11-6+/t14-,15-/m0/s1. The second kappa shape index (κ2) is 6.83. The molecule has 114 valence electrons. The maximum absolute atomic E-state index is 13.2. The van der Waals surface area contributed by atoms with Gasteiger partial charge >= 0.3 is 0 Å². The lowest BCUT2D eigenvalue weighted by atomic mass is 10.1. The number of halogens is 1. The number of rotatable bonds is 4. The van der Waals surface area contributed by atoms with Crippen molar-refractivity contribution in [1.82, 2.24) is 4.90 Å². The largest absolute Gasteiger partial charge is 0.394 e. The summed E-state index contributed by atoms with van der Waals surface area (Å²) in [5, 5.41) is 9.37. The first kappa shape index (κ1) is 15.7. The average Bonchev–Trinajstić information content (AvgIpc) is 2.90. The highest BCUT2D eigenvalue weighted by molar-refractivity contribution is 5.95. The quantitative estimate of drug-likeness (QED) is 0.862. The van der Waals surface area contributed by atoms with Crippen LogP contribution in [0.5, 0.6) is 0 Å². The van der Waals surface area contributed by atoms with Crippen LogP contribution in [0.25, 0.3) is 5.57 Å². The number of amides is 1. The van der Waals surface area contributed by atoms with Crippen LogP contribution in [0.3, 0.4) is 0 Å². The van der Waals surface area contributed by atoms with Crippen molar-refractivity contribution in [2.45, 2.75) is 25.5 Å². The molecule has 1 saturated heterocycles. The molecule has 1 aliphatic rings. The minimum atomic E-state index is -0.332. The highest BCUT2D eigenvalue weighted by Crippen LogP contribution is 2.22. The van der Waals surface area contributed by atoms with Gasteiger partial charge in [0.25, 0.3) is 0 Å². The molecule has 0 aromatic heterocycles. The van der Waals surface area contributed by atoms with Gasteiger partial charge in [-0.15, -0.1) is 0 Å². The fourth-order valence-corrected chi connectivity index (χ4v) is 2.57. The molecule has 1 N–H and O–H groups in total. The minimum Gasteiger partial charge on any atom is -0.394 e. The van der Waals surface area contributed by atoms with Crippen molar-refractivity contribution >= 4 is 11.5 Å². The smallest absolute Gasteiger partial charge is 0.247 e. The summed E-state index contributed by atoms with van der Waals surface area (Å²) in [6.07, 6.45) is 2.06. The Morgan fingerprint density at radius 2 is 2.33 bits per heavy atom. The fraction of sp³-hybridized carbons (Fsp3) is 0.438. The molecular formula is C16H20FNO3. The number of carbonyl (C=O) groups is 1. The molecule has 0 unspecified atom stereocenters. The Labute approximate surface area is 123 Å². The average molecular weight is 293 g/mol. The van der Waals surface area contributed by atoms with E-state index in [9.17, 15) is 14.3 Å². The first-order valence-corrected chi connectivity index (χ1v) is 6.93. The maximum atomic E-state index is 13.2. The summed E-state index contributed by atoms with van der Waals surface area (Å²) in [5.41, 5.74) is 1.36. The van der Waals surface area contributed by atoms with Gasteiger partial charge in [0.2, 0.25) is 5.91 Å². The normalized spacial score (nSPS) is 22.7. The summed E-state index contributed by atoms with van der Waals surface area (Å²) in [6, 6.07) is 5.90. The lowest BCUT2D eigenvalue weighted by molar-refractivity contribution is -0.127. The summed E-state index contributed by atoms with van der Waals surface area (Å²) in [6.45, 7) is 2.15. The van der Waals surface area contributed by atoms with Crippen LogP contribution in [0.15, 0.2) is 30.3 Å². The third-order valence-electron chi connectivity index (χ3n) is 3.82. The molecular weight excluding hydrogens is 273 g/mol. The molecule has 2 atom stereocenters. The second-order valence-corrected chi connectivity index (χ2v) is 5.26. The maximum Gasteiger partial charge on any atom is 0.247 e. The number of methoxy groups -OCH3 is 1. The van der Waals surface area contributed by atoms with Gasteiger partial charge in [0.15, 0.2) is 0 Å². The summed E-state index contributed by atoms with van der Waals surface area (Å²) in [4.78, 5) is 13.9. The number of hydrogen-bond acceptors (Lipinski definition) is 3. The van der Waals surface area contributed by atoms with Crippen LogP contribution in [0.2, 0.25) is 0 Å². The van der Waals surface area contributed by atoms with Crippen molar-refractivity contribution in [2.75, 3.05) is 20.3 Å². The van der Waals surface area contributed by atoms with Gasteiger partial charge in [-0.25, -0.2) is 4.39 Å². The van der Waals surface area contributed by atoms with Crippen LogP contribution in [0.4, 0.5) is 4.39 Å².